The largest absolute Gasteiger partial charge is 0.378 e. The Hall–Kier alpha value is -2.28. The number of morpholine rings is 1. The van der Waals surface area contributed by atoms with Crippen molar-refractivity contribution in [1.82, 2.24) is 20.0 Å². The second-order valence-corrected chi connectivity index (χ2v) is 8.78. The van der Waals surface area contributed by atoms with Gasteiger partial charge in [0.1, 0.15) is 0 Å². The van der Waals surface area contributed by atoms with Crippen molar-refractivity contribution in [2.24, 2.45) is 0 Å². The molecule has 4 amide bonds. The van der Waals surface area contributed by atoms with E-state index in [1.807, 2.05) is 9.80 Å². The third-order valence-corrected chi connectivity index (χ3v) is 5.63. The van der Waals surface area contributed by atoms with Gasteiger partial charge >= 0.3 is 12.1 Å². The summed E-state index contributed by atoms with van der Waals surface area (Å²) in [5.74, 6) is 0. The van der Waals surface area contributed by atoms with Crippen LogP contribution in [0.5, 0.6) is 0 Å². The van der Waals surface area contributed by atoms with Crippen molar-refractivity contribution in [1.29, 1.82) is 0 Å². The highest BCUT2D eigenvalue weighted by molar-refractivity contribution is 5.76. The van der Waals surface area contributed by atoms with E-state index < -0.39 is 0 Å². The minimum Gasteiger partial charge on any atom is -0.378 e. The molecule has 0 atom stereocenters. The fraction of sp³-hybridized carbons (Fsp3) is 0.636. The lowest BCUT2D eigenvalue weighted by molar-refractivity contribution is 0.0392. The highest BCUT2D eigenvalue weighted by Gasteiger charge is 2.27. The van der Waals surface area contributed by atoms with Crippen molar-refractivity contribution >= 4 is 12.1 Å². The molecule has 0 radical (unpaired) electrons. The predicted octanol–water partition coefficient (Wildman–Crippen LogP) is 2.31. The molecule has 7 nitrogen and oxygen atoms in total. The van der Waals surface area contributed by atoms with Crippen LogP contribution in [0.2, 0.25) is 0 Å². The van der Waals surface area contributed by atoms with Crippen molar-refractivity contribution in [3.05, 3.63) is 35.4 Å². The first-order valence-corrected chi connectivity index (χ1v) is 10.6. The monoisotopic (exact) mass is 402 g/mol. The van der Waals surface area contributed by atoms with Gasteiger partial charge in [-0.1, -0.05) is 45.0 Å². The summed E-state index contributed by atoms with van der Waals surface area (Å²) in [5, 5.41) is 3.01. The van der Waals surface area contributed by atoms with Gasteiger partial charge < -0.3 is 24.8 Å². The summed E-state index contributed by atoms with van der Waals surface area (Å²) in [4.78, 5) is 30.4. The van der Waals surface area contributed by atoms with Gasteiger partial charge in [-0.05, 0) is 23.0 Å². The minimum atomic E-state index is -0.0465. The van der Waals surface area contributed by atoms with Crippen LogP contribution in [0.25, 0.3) is 0 Å². The molecule has 0 aliphatic carbocycles. The summed E-state index contributed by atoms with van der Waals surface area (Å²) < 4.78 is 5.30. The molecular formula is C22H34N4O3. The van der Waals surface area contributed by atoms with Crippen LogP contribution in [0.1, 0.15) is 31.9 Å². The number of carbonyl (C=O) groups excluding carboxylic acids is 2. The Balaban J connectivity index is 1.38. The first-order valence-electron chi connectivity index (χ1n) is 10.6. The Labute approximate surface area is 174 Å². The van der Waals surface area contributed by atoms with Crippen LogP contribution >= 0.6 is 0 Å². The first-order chi connectivity index (χ1) is 13.8. The van der Waals surface area contributed by atoms with Crippen molar-refractivity contribution in [3.8, 4) is 0 Å². The lowest BCUT2D eigenvalue weighted by Crippen LogP contribution is -2.57. The standard InChI is InChI=1S/C22H34N4O3/c1-22(2,3)19-6-4-18(5-7-19)8-9-23-20(27)24-10-12-25(13-11-24)21(28)26-14-16-29-17-15-26/h4-7H,8-17H2,1-3H3,(H,23,27). The van der Waals surface area contributed by atoms with E-state index in [1.54, 1.807) is 4.90 Å². The molecule has 2 heterocycles. The maximum Gasteiger partial charge on any atom is 0.320 e. The maximum atomic E-state index is 12.5. The zero-order chi connectivity index (χ0) is 20.9. The molecule has 1 aromatic rings. The molecule has 0 aromatic heterocycles. The Kier molecular flexibility index (Phi) is 7.00. The van der Waals surface area contributed by atoms with Crippen LogP contribution < -0.4 is 5.32 Å². The number of carbonyl (C=O) groups is 2. The molecule has 2 fully saturated rings. The summed E-state index contributed by atoms with van der Waals surface area (Å²) >= 11 is 0. The average Bonchev–Trinajstić information content (AvgIpc) is 2.73. The number of nitrogens with zero attached hydrogens (tertiary/aromatic N) is 3. The number of nitrogens with one attached hydrogen (secondary N) is 1. The number of piperazine rings is 1. The molecule has 7 heteroatoms. The van der Waals surface area contributed by atoms with Crippen LogP contribution in [0, 0.1) is 0 Å². The molecule has 160 valence electrons. The molecule has 1 N–H and O–H groups in total. The minimum absolute atomic E-state index is 0.0465. The Morgan fingerprint density at radius 1 is 0.897 bits per heavy atom. The highest BCUT2D eigenvalue weighted by atomic mass is 16.5. The van der Waals surface area contributed by atoms with Crippen LogP contribution in [0.3, 0.4) is 0 Å². The van der Waals surface area contributed by atoms with E-state index in [2.05, 4.69) is 50.4 Å². The number of benzene rings is 1. The fourth-order valence-electron chi connectivity index (χ4n) is 3.65. The Bertz CT molecular complexity index is 685. The number of hydrogen-bond donors (Lipinski definition) is 1. The second kappa shape index (κ2) is 9.48. The fourth-order valence-corrected chi connectivity index (χ4v) is 3.65. The molecule has 0 bridgehead atoms. The normalized spacial score (nSPS) is 18.0. The number of amides is 4. The average molecular weight is 403 g/mol. The third-order valence-electron chi connectivity index (χ3n) is 5.63. The van der Waals surface area contributed by atoms with Gasteiger partial charge in [-0.15, -0.1) is 0 Å². The van der Waals surface area contributed by atoms with E-state index in [0.717, 1.165) is 6.42 Å². The lowest BCUT2D eigenvalue weighted by Gasteiger charge is -2.38. The topological polar surface area (TPSA) is 65.1 Å². The molecule has 2 aliphatic rings. The molecule has 1 aromatic carbocycles. The smallest absolute Gasteiger partial charge is 0.320 e. The molecule has 3 rings (SSSR count). The summed E-state index contributed by atoms with van der Waals surface area (Å²) in [6.45, 7) is 12.0. The van der Waals surface area contributed by atoms with Gasteiger partial charge in [0.25, 0.3) is 0 Å². The van der Waals surface area contributed by atoms with Crippen LogP contribution in [0.4, 0.5) is 9.59 Å². The summed E-state index contributed by atoms with van der Waals surface area (Å²) in [6.07, 6.45) is 0.811. The van der Waals surface area contributed by atoms with E-state index in [1.165, 1.54) is 11.1 Å². The van der Waals surface area contributed by atoms with Crippen LogP contribution in [-0.4, -0.2) is 85.8 Å². The maximum absolute atomic E-state index is 12.5. The van der Waals surface area contributed by atoms with Gasteiger partial charge in [0, 0.05) is 45.8 Å². The van der Waals surface area contributed by atoms with Crippen molar-refractivity contribution in [2.45, 2.75) is 32.6 Å². The Morgan fingerprint density at radius 3 is 2.03 bits per heavy atom. The van der Waals surface area contributed by atoms with Crippen LogP contribution in [0.15, 0.2) is 24.3 Å². The predicted molar refractivity (Wildman–Crippen MR) is 113 cm³/mol. The van der Waals surface area contributed by atoms with Gasteiger partial charge in [0.05, 0.1) is 13.2 Å². The number of ether oxygens (including phenoxy) is 1. The van der Waals surface area contributed by atoms with E-state index in [9.17, 15) is 9.59 Å². The highest BCUT2D eigenvalue weighted by Crippen LogP contribution is 2.22. The zero-order valence-electron chi connectivity index (χ0n) is 17.9. The summed E-state index contributed by atoms with van der Waals surface area (Å²) in [5.41, 5.74) is 2.69. The molecule has 0 spiro atoms. The molecule has 0 unspecified atom stereocenters. The zero-order valence-corrected chi connectivity index (χ0v) is 17.9. The lowest BCUT2D eigenvalue weighted by atomic mass is 9.86. The van der Waals surface area contributed by atoms with Crippen molar-refractivity contribution in [3.63, 3.8) is 0 Å². The van der Waals surface area contributed by atoms with Gasteiger partial charge in [-0.2, -0.15) is 0 Å². The summed E-state index contributed by atoms with van der Waals surface area (Å²) in [7, 11) is 0. The van der Waals surface area contributed by atoms with E-state index in [4.69, 9.17) is 4.74 Å². The third kappa shape index (κ3) is 5.85. The van der Waals surface area contributed by atoms with E-state index >= 15 is 0 Å². The quantitative estimate of drug-likeness (QED) is 0.844. The van der Waals surface area contributed by atoms with Crippen molar-refractivity contribution < 1.29 is 14.3 Å². The van der Waals surface area contributed by atoms with Gasteiger partial charge in [-0.25, -0.2) is 9.59 Å². The SMILES string of the molecule is CC(C)(C)c1ccc(CCNC(=O)N2CCN(C(=O)N3CCOCC3)CC2)cc1. The molecule has 0 saturated carbocycles. The van der Waals surface area contributed by atoms with E-state index in [0.29, 0.717) is 59.0 Å². The summed E-state index contributed by atoms with van der Waals surface area (Å²) in [6, 6.07) is 8.64. The Morgan fingerprint density at radius 2 is 1.45 bits per heavy atom. The van der Waals surface area contributed by atoms with Gasteiger partial charge in [-0.3, -0.25) is 0 Å². The second-order valence-electron chi connectivity index (χ2n) is 8.78. The van der Waals surface area contributed by atoms with Crippen LogP contribution in [-0.2, 0) is 16.6 Å². The number of rotatable bonds is 3. The molecule has 2 aliphatic heterocycles. The van der Waals surface area contributed by atoms with Gasteiger partial charge in [0.2, 0.25) is 0 Å². The number of urea groups is 2. The molecular weight excluding hydrogens is 368 g/mol. The molecule has 29 heavy (non-hydrogen) atoms. The van der Waals surface area contributed by atoms with Gasteiger partial charge in [0.15, 0.2) is 0 Å². The number of hydrogen-bond acceptors (Lipinski definition) is 3. The first kappa shape index (κ1) is 21.4. The van der Waals surface area contributed by atoms with Crippen molar-refractivity contribution in [2.75, 3.05) is 59.0 Å². The van der Waals surface area contributed by atoms with E-state index in [-0.39, 0.29) is 17.5 Å². The molecule has 2 saturated heterocycles.